The standard InChI is InChI=1S/C26H38N2O/c1-4-6-7-8-12-19-29-25-17-15-24(16-18-25)26-27-20-23(21-28-26)14-11-9-10-13-22(3)5-2/h4,15-18,20-22H,1,5-14,19H2,2-3H3. The van der Waals surface area contributed by atoms with Crippen molar-refractivity contribution in [1.29, 1.82) is 0 Å². The van der Waals surface area contributed by atoms with Crippen molar-refractivity contribution in [2.24, 2.45) is 5.92 Å². The lowest BCUT2D eigenvalue weighted by Crippen LogP contribution is -1.97. The van der Waals surface area contributed by atoms with Gasteiger partial charge >= 0.3 is 0 Å². The van der Waals surface area contributed by atoms with Gasteiger partial charge in [-0.2, -0.15) is 0 Å². The van der Waals surface area contributed by atoms with E-state index in [9.17, 15) is 0 Å². The molecular weight excluding hydrogens is 356 g/mol. The number of nitrogens with zero attached hydrogens (tertiary/aromatic N) is 2. The van der Waals surface area contributed by atoms with Crippen LogP contribution in [-0.2, 0) is 6.42 Å². The molecule has 0 saturated heterocycles. The normalized spacial score (nSPS) is 11.9. The number of unbranched alkanes of at least 4 members (excludes halogenated alkanes) is 5. The molecular formula is C26H38N2O. The molecule has 29 heavy (non-hydrogen) atoms. The molecule has 2 aromatic rings. The van der Waals surface area contributed by atoms with Gasteiger partial charge in [0.15, 0.2) is 5.82 Å². The fraction of sp³-hybridized carbons (Fsp3) is 0.538. The van der Waals surface area contributed by atoms with E-state index in [0.29, 0.717) is 0 Å². The van der Waals surface area contributed by atoms with E-state index in [0.717, 1.165) is 48.9 Å². The highest BCUT2D eigenvalue weighted by molar-refractivity contribution is 5.55. The van der Waals surface area contributed by atoms with Crippen molar-refractivity contribution in [2.75, 3.05) is 6.61 Å². The Hall–Kier alpha value is -2.16. The summed E-state index contributed by atoms with van der Waals surface area (Å²) < 4.78 is 5.82. The van der Waals surface area contributed by atoms with E-state index in [-0.39, 0.29) is 0 Å². The Morgan fingerprint density at radius 2 is 1.69 bits per heavy atom. The van der Waals surface area contributed by atoms with Gasteiger partial charge in [-0.05, 0) is 74.3 Å². The Balaban J connectivity index is 1.71. The smallest absolute Gasteiger partial charge is 0.159 e. The Labute approximate surface area is 177 Å². The SMILES string of the molecule is C=CCCCCCOc1ccc(-c2ncc(CCCCCC(C)CC)cn2)cc1. The number of benzene rings is 1. The molecule has 1 heterocycles. The molecule has 0 aliphatic heterocycles. The van der Waals surface area contributed by atoms with Crippen molar-refractivity contribution >= 4 is 0 Å². The third kappa shape index (κ3) is 9.25. The predicted molar refractivity (Wildman–Crippen MR) is 123 cm³/mol. The van der Waals surface area contributed by atoms with E-state index < -0.39 is 0 Å². The summed E-state index contributed by atoms with van der Waals surface area (Å²) in [5, 5.41) is 0. The van der Waals surface area contributed by atoms with Crippen molar-refractivity contribution in [3.8, 4) is 17.1 Å². The summed E-state index contributed by atoms with van der Waals surface area (Å²) in [4.78, 5) is 9.13. The fourth-order valence-electron chi connectivity index (χ4n) is 3.29. The minimum atomic E-state index is 0.763. The Bertz CT molecular complexity index is 679. The fourth-order valence-corrected chi connectivity index (χ4v) is 3.29. The van der Waals surface area contributed by atoms with Crippen LogP contribution >= 0.6 is 0 Å². The first-order valence-electron chi connectivity index (χ1n) is 11.4. The van der Waals surface area contributed by atoms with Crippen LogP contribution in [0, 0.1) is 5.92 Å². The van der Waals surface area contributed by atoms with Crippen LogP contribution in [0.3, 0.4) is 0 Å². The minimum Gasteiger partial charge on any atom is -0.494 e. The highest BCUT2D eigenvalue weighted by Crippen LogP contribution is 2.20. The van der Waals surface area contributed by atoms with Gasteiger partial charge in [0.05, 0.1) is 6.61 Å². The third-order valence-corrected chi connectivity index (χ3v) is 5.50. The lowest BCUT2D eigenvalue weighted by atomic mass is 10.00. The first-order valence-corrected chi connectivity index (χ1v) is 11.4. The number of aryl methyl sites for hydroxylation is 1. The molecule has 0 saturated carbocycles. The van der Waals surface area contributed by atoms with E-state index in [1.165, 1.54) is 50.5 Å². The Morgan fingerprint density at radius 3 is 2.38 bits per heavy atom. The summed E-state index contributed by atoms with van der Waals surface area (Å²) >= 11 is 0. The van der Waals surface area contributed by atoms with E-state index in [1.807, 2.05) is 42.7 Å². The predicted octanol–water partition coefficient (Wildman–Crippen LogP) is 7.42. The zero-order chi connectivity index (χ0) is 20.7. The molecule has 2 rings (SSSR count). The van der Waals surface area contributed by atoms with Gasteiger partial charge in [0, 0.05) is 18.0 Å². The van der Waals surface area contributed by atoms with Gasteiger partial charge < -0.3 is 4.74 Å². The number of aromatic nitrogens is 2. The van der Waals surface area contributed by atoms with Crippen molar-refractivity contribution in [3.05, 3.63) is 54.9 Å². The van der Waals surface area contributed by atoms with Crippen LogP contribution in [0.15, 0.2) is 49.3 Å². The average molecular weight is 395 g/mol. The summed E-state index contributed by atoms with van der Waals surface area (Å²) in [6, 6.07) is 8.09. The maximum absolute atomic E-state index is 5.82. The van der Waals surface area contributed by atoms with Crippen LogP contribution in [-0.4, -0.2) is 16.6 Å². The molecule has 0 aliphatic carbocycles. The lowest BCUT2D eigenvalue weighted by Gasteiger charge is -2.08. The molecule has 1 aromatic heterocycles. The largest absolute Gasteiger partial charge is 0.494 e. The number of ether oxygens (including phenoxy) is 1. The van der Waals surface area contributed by atoms with E-state index in [2.05, 4.69) is 30.4 Å². The van der Waals surface area contributed by atoms with Crippen molar-refractivity contribution in [1.82, 2.24) is 9.97 Å². The first kappa shape index (κ1) is 23.1. The van der Waals surface area contributed by atoms with E-state index in [1.54, 1.807) is 0 Å². The summed E-state index contributed by atoms with van der Waals surface area (Å²) in [5.74, 6) is 2.55. The summed E-state index contributed by atoms with van der Waals surface area (Å²) in [5.41, 5.74) is 2.26. The molecule has 0 aliphatic rings. The van der Waals surface area contributed by atoms with Crippen LogP contribution < -0.4 is 4.74 Å². The van der Waals surface area contributed by atoms with Crippen LogP contribution in [0.5, 0.6) is 5.75 Å². The van der Waals surface area contributed by atoms with Gasteiger partial charge in [-0.15, -0.1) is 6.58 Å². The van der Waals surface area contributed by atoms with Gasteiger partial charge in [-0.3, -0.25) is 0 Å². The second kappa shape index (κ2) is 13.9. The van der Waals surface area contributed by atoms with Crippen molar-refractivity contribution in [3.63, 3.8) is 0 Å². The lowest BCUT2D eigenvalue weighted by molar-refractivity contribution is 0.305. The second-order valence-electron chi connectivity index (χ2n) is 8.04. The maximum atomic E-state index is 5.82. The number of hydrogen-bond donors (Lipinski definition) is 0. The monoisotopic (exact) mass is 394 g/mol. The van der Waals surface area contributed by atoms with Gasteiger partial charge in [0.1, 0.15) is 5.75 Å². The molecule has 0 fully saturated rings. The van der Waals surface area contributed by atoms with Crippen LogP contribution in [0.1, 0.15) is 77.2 Å². The Kier molecular flexibility index (Phi) is 11.1. The van der Waals surface area contributed by atoms with Gasteiger partial charge in [-0.1, -0.05) is 45.6 Å². The quantitative estimate of drug-likeness (QED) is 0.233. The summed E-state index contributed by atoms with van der Waals surface area (Å²) in [7, 11) is 0. The maximum Gasteiger partial charge on any atom is 0.159 e. The molecule has 1 atom stereocenters. The molecule has 158 valence electrons. The first-order chi connectivity index (χ1) is 14.2. The third-order valence-electron chi connectivity index (χ3n) is 5.50. The second-order valence-corrected chi connectivity index (χ2v) is 8.04. The minimum absolute atomic E-state index is 0.763. The van der Waals surface area contributed by atoms with Crippen LogP contribution in [0.2, 0.25) is 0 Å². The molecule has 0 radical (unpaired) electrons. The van der Waals surface area contributed by atoms with E-state index in [4.69, 9.17) is 4.74 Å². The number of allylic oxidation sites excluding steroid dienone is 1. The van der Waals surface area contributed by atoms with Crippen molar-refractivity contribution in [2.45, 2.75) is 78.1 Å². The number of hydrogen-bond acceptors (Lipinski definition) is 3. The molecule has 0 spiro atoms. The summed E-state index contributed by atoms with van der Waals surface area (Å²) in [6.07, 6.45) is 18.0. The molecule has 3 nitrogen and oxygen atoms in total. The molecule has 0 bridgehead atoms. The van der Waals surface area contributed by atoms with Gasteiger partial charge in [0.25, 0.3) is 0 Å². The molecule has 1 unspecified atom stereocenters. The van der Waals surface area contributed by atoms with Gasteiger partial charge in [0.2, 0.25) is 0 Å². The highest BCUT2D eigenvalue weighted by atomic mass is 16.5. The highest BCUT2D eigenvalue weighted by Gasteiger charge is 2.04. The zero-order valence-electron chi connectivity index (χ0n) is 18.4. The molecule has 3 heteroatoms. The Morgan fingerprint density at radius 1 is 0.966 bits per heavy atom. The van der Waals surface area contributed by atoms with Gasteiger partial charge in [-0.25, -0.2) is 9.97 Å². The van der Waals surface area contributed by atoms with Crippen molar-refractivity contribution < 1.29 is 4.74 Å². The molecule has 0 amide bonds. The zero-order valence-corrected chi connectivity index (χ0v) is 18.4. The topological polar surface area (TPSA) is 35.0 Å². The number of rotatable bonds is 15. The average Bonchev–Trinajstić information content (AvgIpc) is 2.76. The molecule has 0 N–H and O–H groups in total. The van der Waals surface area contributed by atoms with Crippen LogP contribution in [0.25, 0.3) is 11.4 Å². The molecule has 1 aromatic carbocycles. The summed E-state index contributed by atoms with van der Waals surface area (Å²) in [6.45, 7) is 9.13. The van der Waals surface area contributed by atoms with Crippen LogP contribution in [0.4, 0.5) is 0 Å². The van der Waals surface area contributed by atoms with E-state index >= 15 is 0 Å².